The van der Waals surface area contributed by atoms with Crippen LogP contribution in [0.3, 0.4) is 0 Å². The number of amides is 1. The third kappa shape index (κ3) is 1.94. The van der Waals surface area contributed by atoms with Crippen molar-refractivity contribution in [2.75, 3.05) is 0 Å². The number of nitrogens with two attached hydrogens (primary N) is 1. The van der Waals surface area contributed by atoms with Gasteiger partial charge in [0.05, 0.1) is 5.25 Å². The topological polar surface area (TPSA) is 86.7 Å². The minimum atomic E-state index is -0.372. The van der Waals surface area contributed by atoms with Gasteiger partial charge in [0.1, 0.15) is 0 Å². The minimum absolute atomic E-state index is 0.310. The molecule has 0 saturated heterocycles. The first-order chi connectivity index (χ1) is 5.61. The Bertz CT molecular complexity index is 285. The van der Waals surface area contributed by atoms with Gasteiger partial charge in [0.25, 0.3) is 0 Å². The van der Waals surface area contributed by atoms with Gasteiger partial charge in [-0.15, -0.1) is 5.10 Å². The molecule has 1 aromatic heterocycles. The molecule has 1 heterocycles. The number of aromatic nitrogens is 4. The van der Waals surface area contributed by atoms with E-state index in [2.05, 4.69) is 15.5 Å². The number of aryl methyl sites for hydroxylation is 1. The second kappa shape index (κ2) is 3.53. The van der Waals surface area contributed by atoms with E-state index in [-0.39, 0.29) is 11.2 Å². The van der Waals surface area contributed by atoms with E-state index in [1.54, 1.807) is 14.0 Å². The van der Waals surface area contributed by atoms with E-state index >= 15 is 0 Å². The first-order valence-electron chi connectivity index (χ1n) is 3.29. The molecule has 1 atom stereocenters. The van der Waals surface area contributed by atoms with Crippen LogP contribution < -0.4 is 5.73 Å². The van der Waals surface area contributed by atoms with Crippen LogP contribution in [0, 0.1) is 0 Å². The molecule has 0 aliphatic heterocycles. The Morgan fingerprint density at radius 2 is 2.42 bits per heavy atom. The predicted molar refractivity (Wildman–Crippen MR) is 43.3 cm³/mol. The maximum Gasteiger partial charge on any atom is 0.230 e. The van der Waals surface area contributed by atoms with Crippen LogP contribution in [0.15, 0.2) is 5.16 Å². The Morgan fingerprint density at radius 3 is 2.83 bits per heavy atom. The van der Waals surface area contributed by atoms with Crippen molar-refractivity contribution in [1.82, 2.24) is 20.2 Å². The molecule has 1 amide bonds. The Labute approximate surface area is 73.5 Å². The van der Waals surface area contributed by atoms with Crippen LogP contribution in [0.25, 0.3) is 0 Å². The first kappa shape index (κ1) is 8.98. The molecule has 1 rings (SSSR count). The highest BCUT2D eigenvalue weighted by atomic mass is 32.2. The summed E-state index contributed by atoms with van der Waals surface area (Å²) in [6, 6.07) is 0. The van der Waals surface area contributed by atoms with Gasteiger partial charge in [-0.2, -0.15) is 0 Å². The highest BCUT2D eigenvalue weighted by Crippen LogP contribution is 2.18. The summed E-state index contributed by atoms with van der Waals surface area (Å²) in [7, 11) is 1.70. The van der Waals surface area contributed by atoms with E-state index in [1.807, 2.05) is 0 Å². The van der Waals surface area contributed by atoms with Gasteiger partial charge in [-0.25, -0.2) is 4.68 Å². The molecule has 0 radical (unpaired) electrons. The Balaban J connectivity index is 2.64. The van der Waals surface area contributed by atoms with Gasteiger partial charge in [-0.05, 0) is 17.4 Å². The van der Waals surface area contributed by atoms with Gasteiger partial charge < -0.3 is 5.73 Å². The molecule has 6 nitrogen and oxygen atoms in total. The molecular weight excluding hydrogens is 178 g/mol. The van der Waals surface area contributed by atoms with E-state index in [0.29, 0.717) is 5.16 Å². The van der Waals surface area contributed by atoms with Crippen molar-refractivity contribution in [3.8, 4) is 0 Å². The van der Waals surface area contributed by atoms with Crippen LogP contribution >= 0.6 is 11.8 Å². The number of hydrogen-bond donors (Lipinski definition) is 1. The van der Waals surface area contributed by atoms with Gasteiger partial charge in [-0.1, -0.05) is 11.8 Å². The summed E-state index contributed by atoms with van der Waals surface area (Å²) in [4.78, 5) is 10.7. The fourth-order valence-electron chi connectivity index (χ4n) is 0.537. The van der Waals surface area contributed by atoms with Gasteiger partial charge >= 0.3 is 0 Å². The molecule has 2 N–H and O–H groups in total. The van der Waals surface area contributed by atoms with Crippen molar-refractivity contribution >= 4 is 17.7 Å². The number of nitrogens with zero attached hydrogens (tertiary/aromatic N) is 4. The molecule has 0 saturated carbocycles. The van der Waals surface area contributed by atoms with Gasteiger partial charge in [0.2, 0.25) is 11.1 Å². The highest BCUT2D eigenvalue weighted by Gasteiger charge is 2.13. The third-order valence-electron chi connectivity index (χ3n) is 1.26. The number of rotatable bonds is 3. The van der Waals surface area contributed by atoms with Crippen LogP contribution in [-0.2, 0) is 11.8 Å². The summed E-state index contributed by atoms with van der Waals surface area (Å²) in [6.07, 6.45) is 0. The minimum Gasteiger partial charge on any atom is -0.369 e. The average Bonchev–Trinajstić information content (AvgIpc) is 2.36. The standard InChI is InChI=1S/C5H9N5OS/c1-3(4(6)11)12-5-7-8-9-10(5)2/h3H,1-2H3,(H2,6,11). The molecule has 7 heteroatoms. The van der Waals surface area contributed by atoms with Crippen LogP contribution in [0.2, 0.25) is 0 Å². The van der Waals surface area contributed by atoms with Gasteiger partial charge in [-0.3, -0.25) is 4.79 Å². The zero-order valence-electron chi connectivity index (χ0n) is 6.76. The quantitative estimate of drug-likeness (QED) is 0.624. The number of tetrazole rings is 1. The van der Waals surface area contributed by atoms with Crippen molar-refractivity contribution in [2.24, 2.45) is 12.8 Å². The average molecular weight is 187 g/mol. The molecule has 12 heavy (non-hydrogen) atoms. The number of hydrogen-bond acceptors (Lipinski definition) is 5. The normalized spacial score (nSPS) is 12.8. The summed E-state index contributed by atoms with van der Waals surface area (Å²) in [5.74, 6) is -0.372. The fourth-order valence-corrected chi connectivity index (χ4v) is 1.24. The number of thioether (sulfide) groups is 1. The molecule has 0 aliphatic rings. The van der Waals surface area contributed by atoms with E-state index in [1.165, 1.54) is 16.4 Å². The van der Waals surface area contributed by atoms with Crippen LogP contribution in [0.5, 0.6) is 0 Å². The van der Waals surface area contributed by atoms with Crippen LogP contribution in [0.1, 0.15) is 6.92 Å². The molecule has 1 unspecified atom stereocenters. The van der Waals surface area contributed by atoms with E-state index in [0.717, 1.165) is 0 Å². The molecule has 0 fully saturated rings. The smallest absolute Gasteiger partial charge is 0.230 e. The molecular formula is C5H9N5OS. The predicted octanol–water partition coefficient (Wildman–Crippen LogP) is -0.824. The van der Waals surface area contributed by atoms with Crippen molar-refractivity contribution in [3.05, 3.63) is 0 Å². The largest absolute Gasteiger partial charge is 0.369 e. The van der Waals surface area contributed by atoms with Crippen molar-refractivity contribution < 1.29 is 4.79 Å². The lowest BCUT2D eigenvalue weighted by molar-refractivity contribution is -0.117. The lowest BCUT2D eigenvalue weighted by Gasteiger charge is -2.03. The lowest BCUT2D eigenvalue weighted by Crippen LogP contribution is -2.22. The van der Waals surface area contributed by atoms with Gasteiger partial charge in [0, 0.05) is 7.05 Å². The zero-order valence-corrected chi connectivity index (χ0v) is 7.58. The molecule has 0 spiro atoms. The molecule has 1 aromatic rings. The van der Waals surface area contributed by atoms with Crippen molar-refractivity contribution in [3.63, 3.8) is 0 Å². The van der Waals surface area contributed by atoms with Gasteiger partial charge in [0.15, 0.2) is 0 Å². The highest BCUT2D eigenvalue weighted by molar-refractivity contribution is 8.00. The van der Waals surface area contributed by atoms with E-state index in [4.69, 9.17) is 5.73 Å². The van der Waals surface area contributed by atoms with Crippen molar-refractivity contribution in [2.45, 2.75) is 17.3 Å². The third-order valence-corrected chi connectivity index (χ3v) is 2.41. The van der Waals surface area contributed by atoms with Crippen LogP contribution in [-0.4, -0.2) is 31.4 Å². The lowest BCUT2D eigenvalue weighted by atomic mass is 10.5. The Morgan fingerprint density at radius 1 is 1.75 bits per heavy atom. The van der Waals surface area contributed by atoms with E-state index < -0.39 is 0 Å². The summed E-state index contributed by atoms with van der Waals surface area (Å²) >= 11 is 1.24. The van der Waals surface area contributed by atoms with E-state index in [9.17, 15) is 4.79 Å². The summed E-state index contributed by atoms with van der Waals surface area (Å²) in [6.45, 7) is 1.71. The second-order valence-electron chi connectivity index (χ2n) is 2.25. The monoisotopic (exact) mass is 187 g/mol. The Hall–Kier alpha value is -1.11. The molecule has 66 valence electrons. The fraction of sp³-hybridized carbons (Fsp3) is 0.600. The summed E-state index contributed by atoms with van der Waals surface area (Å²) in [5.41, 5.74) is 5.07. The second-order valence-corrected chi connectivity index (χ2v) is 3.56. The maximum atomic E-state index is 10.7. The van der Waals surface area contributed by atoms with Crippen LogP contribution in [0.4, 0.5) is 0 Å². The Kier molecular flexibility index (Phi) is 2.64. The maximum absolute atomic E-state index is 10.7. The number of carbonyl (C=O) groups excluding carboxylic acids is 1. The summed E-state index contributed by atoms with van der Waals surface area (Å²) in [5, 5.41) is 11.0. The first-order valence-corrected chi connectivity index (χ1v) is 4.17. The zero-order chi connectivity index (χ0) is 9.14. The number of carbonyl (C=O) groups is 1. The molecule has 0 bridgehead atoms. The summed E-state index contributed by atoms with van der Waals surface area (Å²) < 4.78 is 1.49. The molecule has 0 aliphatic carbocycles. The van der Waals surface area contributed by atoms with Crippen molar-refractivity contribution in [1.29, 1.82) is 0 Å². The number of primary amides is 1. The molecule has 0 aromatic carbocycles. The SMILES string of the molecule is CC(Sc1nnnn1C)C(N)=O.